The number of carbonyl (C=O) groups excluding carboxylic acids is 1. The first-order valence-electron chi connectivity index (χ1n) is 7.05. The zero-order valence-electron chi connectivity index (χ0n) is 11.4. The van der Waals surface area contributed by atoms with Crippen molar-refractivity contribution in [3.8, 4) is 0 Å². The van der Waals surface area contributed by atoms with Crippen LogP contribution in [0.15, 0.2) is 24.3 Å². The molecule has 1 aromatic rings. The van der Waals surface area contributed by atoms with Crippen LogP contribution in [-0.4, -0.2) is 43.7 Å². The Bertz CT molecular complexity index is 496. The summed E-state index contributed by atoms with van der Waals surface area (Å²) >= 11 is 6.04. The Morgan fingerprint density at radius 2 is 2.10 bits per heavy atom. The highest BCUT2D eigenvalue weighted by atomic mass is 35.5. The molecular weight excluding hydrogens is 276 g/mol. The first kappa shape index (κ1) is 13.9. The lowest BCUT2D eigenvalue weighted by atomic mass is 10.1. The largest absolute Gasteiger partial charge is 0.379 e. The molecule has 4 nitrogen and oxygen atoms in total. The van der Waals surface area contributed by atoms with Gasteiger partial charge in [-0.2, -0.15) is 0 Å². The van der Waals surface area contributed by atoms with E-state index < -0.39 is 0 Å². The molecule has 5 heteroatoms. The zero-order chi connectivity index (χ0) is 14.0. The fraction of sp³-hybridized carbons (Fsp3) is 0.533. The van der Waals surface area contributed by atoms with Gasteiger partial charge in [-0.05, 0) is 30.5 Å². The number of morpholine rings is 1. The Balaban J connectivity index is 1.60. The van der Waals surface area contributed by atoms with Crippen molar-refractivity contribution in [3.63, 3.8) is 0 Å². The molecule has 1 saturated carbocycles. The van der Waals surface area contributed by atoms with Gasteiger partial charge in [-0.15, -0.1) is 0 Å². The van der Waals surface area contributed by atoms with Crippen molar-refractivity contribution in [2.45, 2.75) is 18.4 Å². The summed E-state index contributed by atoms with van der Waals surface area (Å²) in [5.41, 5.74) is 0.925. The lowest BCUT2D eigenvalue weighted by Gasteiger charge is -2.27. The third kappa shape index (κ3) is 3.14. The van der Waals surface area contributed by atoms with Gasteiger partial charge in [0.1, 0.15) is 0 Å². The van der Waals surface area contributed by atoms with Crippen molar-refractivity contribution in [3.05, 3.63) is 34.9 Å². The van der Waals surface area contributed by atoms with Gasteiger partial charge >= 0.3 is 0 Å². The first-order chi connectivity index (χ1) is 9.68. The highest BCUT2D eigenvalue weighted by Crippen LogP contribution is 2.45. The lowest BCUT2D eigenvalue weighted by molar-refractivity contribution is -0.124. The second-order valence-electron chi connectivity index (χ2n) is 5.53. The summed E-state index contributed by atoms with van der Waals surface area (Å²) < 4.78 is 5.29. The van der Waals surface area contributed by atoms with Crippen molar-refractivity contribution in [2.75, 3.05) is 32.8 Å². The molecule has 0 aromatic heterocycles. The molecule has 108 valence electrons. The topological polar surface area (TPSA) is 41.6 Å². The van der Waals surface area contributed by atoms with Crippen LogP contribution in [0.2, 0.25) is 5.02 Å². The molecule has 0 radical (unpaired) electrons. The third-order valence-corrected chi connectivity index (χ3v) is 4.21. The van der Waals surface area contributed by atoms with E-state index in [2.05, 4.69) is 10.2 Å². The number of hydrogen-bond donors (Lipinski definition) is 1. The van der Waals surface area contributed by atoms with Crippen molar-refractivity contribution in [1.82, 2.24) is 10.2 Å². The summed E-state index contributed by atoms with van der Waals surface area (Å²) in [5.74, 6) is 0.0874. The monoisotopic (exact) mass is 294 g/mol. The van der Waals surface area contributed by atoms with Crippen LogP contribution in [0.3, 0.4) is 0 Å². The quantitative estimate of drug-likeness (QED) is 0.920. The summed E-state index contributed by atoms with van der Waals surface area (Å²) in [6.07, 6.45) is 1.98. The van der Waals surface area contributed by atoms with Crippen LogP contribution >= 0.6 is 11.6 Å². The lowest BCUT2D eigenvalue weighted by Crippen LogP contribution is -2.45. The third-order valence-electron chi connectivity index (χ3n) is 3.98. The van der Waals surface area contributed by atoms with Crippen molar-refractivity contribution < 1.29 is 9.53 Å². The van der Waals surface area contributed by atoms with Crippen LogP contribution in [0.1, 0.15) is 18.4 Å². The molecule has 0 unspecified atom stereocenters. The normalized spacial score (nSPS) is 21.4. The molecule has 0 bridgehead atoms. The standard InChI is InChI=1S/C15H19ClN2O2/c16-13-3-1-2-12(10-13)15(4-5-15)17-14(19)11-18-6-8-20-9-7-18/h1-3,10H,4-9,11H2,(H,17,19). The average molecular weight is 295 g/mol. The zero-order valence-corrected chi connectivity index (χ0v) is 12.2. The molecule has 3 rings (SSSR count). The minimum absolute atomic E-state index is 0.0874. The van der Waals surface area contributed by atoms with Gasteiger partial charge in [0.15, 0.2) is 0 Å². The smallest absolute Gasteiger partial charge is 0.234 e. The molecular formula is C15H19ClN2O2. The maximum absolute atomic E-state index is 12.2. The fourth-order valence-corrected chi connectivity index (χ4v) is 2.86. The van der Waals surface area contributed by atoms with E-state index >= 15 is 0 Å². The average Bonchev–Trinajstić information content (AvgIpc) is 3.20. The molecule has 20 heavy (non-hydrogen) atoms. The Labute approximate surface area is 124 Å². The predicted octanol–water partition coefficient (Wildman–Crippen LogP) is 1.78. The summed E-state index contributed by atoms with van der Waals surface area (Å²) in [7, 11) is 0. The number of carbonyl (C=O) groups is 1. The molecule has 1 amide bonds. The minimum Gasteiger partial charge on any atom is -0.379 e. The minimum atomic E-state index is -0.186. The number of amides is 1. The highest BCUT2D eigenvalue weighted by molar-refractivity contribution is 6.30. The van der Waals surface area contributed by atoms with E-state index in [0.717, 1.165) is 36.5 Å². The molecule has 0 spiro atoms. The van der Waals surface area contributed by atoms with Crippen LogP contribution in [0.4, 0.5) is 0 Å². The van der Waals surface area contributed by atoms with Crippen molar-refractivity contribution in [1.29, 1.82) is 0 Å². The van der Waals surface area contributed by atoms with Crippen LogP contribution < -0.4 is 5.32 Å². The molecule has 1 aromatic carbocycles. The highest BCUT2D eigenvalue weighted by Gasteiger charge is 2.45. The van der Waals surface area contributed by atoms with E-state index in [1.165, 1.54) is 0 Å². The number of ether oxygens (including phenoxy) is 1. The second-order valence-corrected chi connectivity index (χ2v) is 5.97. The maximum atomic E-state index is 12.2. The maximum Gasteiger partial charge on any atom is 0.234 e. The number of halogens is 1. The van der Waals surface area contributed by atoms with E-state index in [0.29, 0.717) is 19.8 Å². The van der Waals surface area contributed by atoms with Gasteiger partial charge in [-0.25, -0.2) is 0 Å². The Morgan fingerprint density at radius 3 is 2.75 bits per heavy atom. The molecule has 1 saturated heterocycles. The van der Waals surface area contributed by atoms with Gasteiger partial charge in [0.2, 0.25) is 5.91 Å². The van der Waals surface area contributed by atoms with E-state index in [1.54, 1.807) is 0 Å². The summed E-state index contributed by atoms with van der Waals surface area (Å²) in [6, 6.07) is 7.78. The van der Waals surface area contributed by atoms with Gasteiger partial charge in [0.05, 0.1) is 25.3 Å². The summed E-state index contributed by atoms with van der Waals surface area (Å²) in [5, 5.41) is 3.90. The molecule has 2 aliphatic rings. The number of benzene rings is 1. The van der Waals surface area contributed by atoms with E-state index in [9.17, 15) is 4.79 Å². The van der Waals surface area contributed by atoms with Gasteiger partial charge in [-0.1, -0.05) is 23.7 Å². The first-order valence-corrected chi connectivity index (χ1v) is 7.43. The van der Waals surface area contributed by atoms with Crippen LogP contribution in [0.25, 0.3) is 0 Å². The number of nitrogens with one attached hydrogen (secondary N) is 1. The van der Waals surface area contributed by atoms with Crippen LogP contribution in [0.5, 0.6) is 0 Å². The van der Waals surface area contributed by atoms with E-state index in [4.69, 9.17) is 16.3 Å². The summed E-state index contributed by atoms with van der Waals surface area (Å²) in [4.78, 5) is 14.3. The predicted molar refractivity (Wildman–Crippen MR) is 77.8 cm³/mol. The second kappa shape index (κ2) is 5.72. The van der Waals surface area contributed by atoms with Crippen molar-refractivity contribution in [2.24, 2.45) is 0 Å². The van der Waals surface area contributed by atoms with Crippen molar-refractivity contribution >= 4 is 17.5 Å². The number of rotatable bonds is 4. The Hall–Kier alpha value is -1.10. The van der Waals surface area contributed by atoms with Gasteiger partial charge in [-0.3, -0.25) is 9.69 Å². The van der Waals surface area contributed by atoms with E-state index in [-0.39, 0.29) is 11.4 Å². The number of hydrogen-bond acceptors (Lipinski definition) is 3. The fourth-order valence-electron chi connectivity index (χ4n) is 2.67. The van der Waals surface area contributed by atoms with E-state index in [1.807, 2.05) is 24.3 Å². The van der Waals surface area contributed by atoms with Gasteiger partial charge in [0.25, 0.3) is 0 Å². The Kier molecular flexibility index (Phi) is 3.96. The molecule has 1 aliphatic carbocycles. The molecule has 2 fully saturated rings. The van der Waals surface area contributed by atoms with Gasteiger partial charge in [0, 0.05) is 18.1 Å². The molecule has 0 atom stereocenters. The SMILES string of the molecule is O=C(CN1CCOCC1)NC1(c2cccc(Cl)c2)CC1. The van der Waals surface area contributed by atoms with Crippen LogP contribution in [0, 0.1) is 0 Å². The van der Waals surface area contributed by atoms with Crippen LogP contribution in [-0.2, 0) is 15.1 Å². The summed E-state index contributed by atoms with van der Waals surface area (Å²) in [6.45, 7) is 3.54. The molecule has 1 aliphatic heterocycles. The van der Waals surface area contributed by atoms with Gasteiger partial charge < -0.3 is 10.1 Å². The Morgan fingerprint density at radius 1 is 1.35 bits per heavy atom. The number of nitrogens with zero attached hydrogens (tertiary/aromatic N) is 1. The molecule has 1 heterocycles. The molecule has 1 N–H and O–H groups in total.